The van der Waals surface area contributed by atoms with Gasteiger partial charge >= 0.3 is 0 Å². The van der Waals surface area contributed by atoms with E-state index in [-0.39, 0.29) is 23.0 Å². The number of hydrogen-bond acceptors (Lipinski definition) is 3. The van der Waals surface area contributed by atoms with Gasteiger partial charge in [-0.05, 0) is 171 Å². The number of para-hydroxylation sites is 3. The van der Waals surface area contributed by atoms with Crippen LogP contribution in [0.4, 0.5) is 51.2 Å². The number of fused-ring (bicyclic) bond motifs is 6. The van der Waals surface area contributed by atoms with Crippen LogP contribution in [0, 0.1) is 17.8 Å². The highest BCUT2D eigenvalue weighted by molar-refractivity contribution is 7.00. The Bertz CT molecular complexity index is 3210. The summed E-state index contributed by atoms with van der Waals surface area (Å²) in [6.07, 6.45) is 4.32. The van der Waals surface area contributed by atoms with E-state index in [9.17, 15) is 0 Å². The summed E-state index contributed by atoms with van der Waals surface area (Å²) in [5.41, 5.74) is 26.4. The number of nitrogens with zero attached hydrogens (tertiary/aromatic N) is 3. The summed E-state index contributed by atoms with van der Waals surface area (Å²) < 4.78 is 0. The molecule has 0 amide bonds. The van der Waals surface area contributed by atoms with Gasteiger partial charge in [-0.2, -0.15) is 0 Å². The van der Waals surface area contributed by atoms with Crippen LogP contribution in [0.15, 0.2) is 170 Å². The van der Waals surface area contributed by atoms with E-state index in [2.05, 4.69) is 240 Å². The van der Waals surface area contributed by atoms with Gasteiger partial charge in [-0.3, -0.25) is 0 Å². The van der Waals surface area contributed by atoms with Gasteiger partial charge in [0.15, 0.2) is 0 Å². The Labute approximate surface area is 398 Å². The molecule has 0 saturated heterocycles. The van der Waals surface area contributed by atoms with Gasteiger partial charge in [0.25, 0.3) is 6.71 Å². The fourth-order valence-corrected chi connectivity index (χ4v) is 12.2. The third kappa shape index (κ3) is 6.94. The zero-order chi connectivity index (χ0) is 46.0. The lowest BCUT2D eigenvalue weighted by atomic mass is 9.33. The first-order chi connectivity index (χ1) is 32.2. The summed E-state index contributed by atoms with van der Waals surface area (Å²) in [5.74, 6) is 0. The lowest BCUT2D eigenvalue weighted by Crippen LogP contribution is -2.61. The van der Waals surface area contributed by atoms with Crippen molar-refractivity contribution in [1.29, 1.82) is 0 Å². The molecule has 0 radical (unpaired) electrons. The van der Waals surface area contributed by atoms with Crippen molar-refractivity contribution < 1.29 is 0 Å². The van der Waals surface area contributed by atoms with Crippen LogP contribution in [0.25, 0.3) is 11.1 Å². The lowest BCUT2D eigenvalue weighted by Gasteiger charge is -2.46. The highest BCUT2D eigenvalue weighted by atomic mass is 15.2. The maximum Gasteiger partial charge on any atom is 0.252 e. The highest BCUT2D eigenvalue weighted by Gasteiger charge is 2.47. The average molecular weight is 870 g/mol. The highest BCUT2D eigenvalue weighted by Crippen LogP contribution is 2.52. The van der Waals surface area contributed by atoms with E-state index >= 15 is 0 Å². The third-order valence-corrected chi connectivity index (χ3v) is 15.2. The molecule has 0 unspecified atom stereocenters. The largest absolute Gasteiger partial charge is 0.311 e. The Morgan fingerprint density at radius 3 is 1.42 bits per heavy atom. The maximum absolute atomic E-state index is 2.68. The Morgan fingerprint density at radius 2 is 0.910 bits per heavy atom. The molecule has 330 valence electrons. The van der Waals surface area contributed by atoms with Crippen molar-refractivity contribution in [2.75, 3.05) is 14.7 Å². The standard InChI is InChI=1S/C63H60BN3/c1-41-20-18-19-27-54(41)66-56-32-45-39-62(5,6)37-43(45)30-52(56)64-53-31-44-38-63(7,8)40-46(44)33-57(53)67(55-29-28-47(61(2,3)4)34-51(55)42-21-12-9-13-22-42)59-36-50(35-58(66)60(59)64)65(48-23-14-10-15-24-48)49-25-16-11-17-26-49/h9-36H,37-40H2,1-8H3. The van der Waals surface area contributed by atoms with Gasteiger partial charge in [-0.15, -0.1) is 0 Å². The molecule has 3 nitrogen and oxygen atoms in total. The molecule has 0 atom stereocenters. The average Bonchev–Trinajstić information content (AvgIpc) is 3.79. The van der Waals surface area contributed by atoms with Crippen molar-refractivity contribution >= 4 is 74.3 Å². The molecule has 67 heavy (non-hydrogen) atoms. The fourth-order valence-electron chi connectivity index (χ4n) is 12.2. The molecule has 8 aromatic rings. The summed E-state index contributed by atoms with van der Waals surface area (Å²) in [6.45, 7) is 19.1. The Kier molecular flexibility index (Phi) is 9.40. The minimum Gasteiger partial charge on any atom is -0.311 e. The molecule has 0 saturated carbocycles. The van der Waals surface area contributed by atoms with Gasteiger partial charge in [-0.25, -0.2) is 0 Å². The van der Waals surface area contributed by atoms with E-state index in [0.717, 1.165) is 42.7 Å². The number of rotatable bonds is 6. The van der Waals surface area contributed by atoms with Gasteiger partial charge in [0, 0.05) is 45.4 Å². The summed E-state index contributed by atoms with van der Waals surface area (Å²) in [6, 6.07) is 64.8. The van der Waals surface area contributed by atoms with Gasteiger partial charge in [0.2, 0.25) is 0 Å². The van der Waals surface area contributed by atoms with E-state index in [4.69, 9.17) is 0 Å². The molecule has 2 aliphatic heterocycles. The second-order valence-electron chi connectivity index (χ2n) is 22.5. The van der Waals surface area contributed by atoms with Crippen LogP contribution in [-0.2, 0) is 31.1 Å². The fraction of sp³-hybridized carbons (Fsp3) is 0.238. The van der Waals surface area contributed by atoms with Crippen LogP contribution in [0.1, 0.15) is 81.8 Å². The van der Waals surface area contributed by atoms with E-state index in [1.165, 1.54) is 95.0 Å². The van der Waals surface area contributed by atoms with Crippen molar-refractivity contribution in [1.82, 2.24) is 0 Å². The van der Waals surface area contributed by atoms with E-state index in [0.29, 0.717) is 0 Å². The van der Waals surface area contributed by atoms with Crippen molar-refractivity contribution in [2.45, 2.75) is 86.5 Å². The van der Waals surface area contributed by atoms with Gasteiger partial charge in [0.1, 0.15) is 0 Å². The smallest absolute Gasteiger partial charge is 0.252 e. The first-order valence-electron chi connectivity index (χ1n) is 24.5. The second-order valence-corrected chi connectivity index (χ2v) is 22.5. The molecule has 12 rings (SSSR count). The SMILES string of the molecule is Cc1ccccc1N1c2cc3c(cc2B2c4cc5c(cc4N(c4ccc(C(C)(C)C)cc4-c4ccccc4)c4cc(N(c6ccccc6)c6ccccc6)cc1c42)CC(C)(C)C5)CC(C)(C)C3. The first kappa shape index (κ1) is 41.6. The normalized spacial score (nSPS) is 16.0. The van der Waals surface area contributed by atoms with Crippen LogP contribution < -0.4 is 31.1 Å². The summed E-state index contributed by atoms with van der Waals surface area (Å²) >= 11 is 0. The molecular weight excluding hydrogens is 810 g/mol. The van der Waals surface area contributed by atoms with Gasteiger partial charge in [0.05, 0.1) is 11.4 Å². The minimum atomic E-state index is -0.0309. The topological polar surface area (TPSA) is 9.72 Å². The number of hydrogen-bond donors (Lipinski definition) is 0. The predicted octanol–water partition coefficient (Wildman–Crippen LogP) is 14.8. The van der Waals surface area contributed by atoms with Crippen LogP contribution in [0.3, 0.4) is 0 Å². The Morgan fingerprint density at radius 1 is 0.448 bits per heavy atom. The van der Waals surface area contributed by atoms with Crippen molar-refractivity contribution in [2.24, 2.45) is 10.8 Å². The summed E-state index contributed by atoms with van der Waals surface area (Å²) in [7, 11) is 0. The van der Waals surface area contributed by atoms with Crippen molar-refractivity contribution in [3.05, 3.63) is 203 Å². The first-order valence-corrected chi connectivity index (χ1v) is 24.5. The van der Waals surface area contributed by atoms with Crippen LogP contribution >= 0.6 is 0 Å². The predicted molar refractivity (Wildman–Crippen MR) is 286 cm³/mol. The number of aryl methyl sites for hydroxylation is 1. The molecule has 0 fully saturated rings. The van der Waals surface area contributed by atoms with Crippen molar-refractivity contribution in [3.8, 4) is 11.1 Å². The molecule has 8 aromatic carbocycles. The lowest BCUT2D eigenvalue weighted by molar-refractivity contribution is 0.392. The van der Waals surface area contributed by atoms with E-state index in [1.807, 2.05) is 0 Å². The van der Waals surface area contributed by atoms with Gasteiger partial charge in [-0.1, -0.05) is 152 Å². The minimum absolute atomic E-state index is 0.0273. The summed E-state index contributed by atoms with van der Waals surface area (Å²) in [5, 5.41) is 0. The molecular formula is C63H60BN3. The zero-order valence-electron chi connectivity index (χ0n) is 40.4. The molecule has 2 heterocycles. The Hall–Kier alpha value is -6.78. The number of benzene rings is 8. The number of anilines is 9. The van der Waals surface area contributed by atoms with Gasteiger partial charge < -0.3 is 14.7 Å². The van der Waals surface area contributed by atoms with Crippen LogP contribution in [0.2, 0.25) is 0 Å². The monoisotopic (exact) mass is 869 g/mol. The molecule has 4 heteroatoms. The molecule has 4 aliphatic rings. The molecule has 2 aliphatic carbocycles. The van der Waals surface area contributed by atoms with Crippen LogP contribution in [-0.4, -0.2) is 6.71 Å². The second kappa shape index (κ2) is 15.1. The van der Waals surface area contributed by atoms with E-state index < -0.39 is 0 Å². The molecule has 0 aromatic heterocycles. The molecule has 0 spiro atoms. The van der Waals surface area contributed by atoms with Crippen LogP contribution in [0.5, 0.6) is 0 Å². The Balaban J connectivity index is 1.24. The molecule has 0 N–H and O–H groups in total. The third-order valence-electron chi connectivity index (χ3n) is 15.2. The maximum atomic E-state index is 2.68. The van der Waals surface area contributed by atoms with Crippen molar-refractivity contribution in [3.63, 3.8) is 0 Å². The quantitative estimate of drug-likeness (QED) is 0.154. The summed E-state index contributed by atoms with van der Waals surface area (Å²) in [4.78, 5) is 7.78. The zero-order valence-corrected chi connectivity index (χ0v) is 40.4. The molecule has 0 bridgehead atoms. The van der Waals surface area contributed by atoms with E-state index in [1.54, 1.807) is 0 Å².